The van der Waals surface area contributed by atoms with Crippen molar-refractivity contribution in [1.82, 2.24) is 15.8 Å². The van der Waals surface area contributed by atoms with Gasteiger partial charge in [0.15, 0.2) is 5.58 Å². The van der Waals surface area contributed by atoms with Crippen LogP contribution in [0.4, 0.5) is 4.39 Å². The lowest BCUT2D eigenvalue weighted by molar-refractivity contribution is -0.125. The third-order valence-electron chi connectivity index (χ3n) is 3.33. The first kappa shape index (κ1) is 18.9. The van der Waals surface area contributed by atoms with Gasteiger partial charge in [-0.05, 0) is 30.3 Å². The van der Waals surface area contributed by atoms with Gasteiger partial charge in [-0.15, -0.1) is 0 Å². The number of oxazole rings is 1. The third kappa shape index (κ3) is 5.08. The van der Waals surface area contributed by atoms with E-state index in [1.165, 1.54) is 24.3 Å². The smallest absolute Gasteiger partial charge is 0.262 e. The number of carbonyl (C=O) groups is 2. The van der Waals surface area contributed by atoms with Crippen molar-refractivity contribution in [2.24, 2.45) is 0 Å². The first-order valence-electron chi connectivity index (χ1n) is 7.72. The van der Waals surface area contributed by atoms with Crippen LogP contribution in [0, 0.1) is 5.82 Å². The van der Waals surface area contributed by atoms with E-state index in [2.05, 4.69) is 15.8 Å². The molecule has 0 spiro atoms. The largest absolute Gasteiger partial charge is 0.431 e. The number of rotatable bonds is 5. The van der Waals surface area contributed by atoms with Crippen LogP contribution in [0.3, 0.4) is 0 Å². The number of hydrogen-bond donors (Lipinski definition) is 2. The van der Waals surface area contributed by atoms with Gasteiger partial charge in [0.05, 0.1) is 10.8 Å². The van der Waals surface area contributed by atoms with Crippen molar-refractivity contribution in [1.29, 1.82) is 0 Å². The number of amides is 2. The molecule has 3 rings (SSSR count). The SMILES string of the molecule is O=C(/C=C/c1c(F)cccc1Cl)NNC(=O)CSc1nc2ccccc2o1. The Morgan fingerprint density at radius 3 is 2.78 bits per heavy atom. The van der Waals surface area contributed by atoms with Gasteiger partial charge in [0.1, 0.15) is 11.3 Å². The fourth-order valence-electron chi connectivity index (χ4n) is 2.08. The van der Waals surface area contributed by atoms with E-state index >= 15 is 0 Å². The van der Waals surface area contributed by atoms with Gasteiger partial charge in [-0.25, -0.2) is 9.37 Å². The molecule has 9 heteroatoms. The van der Waals surface area contributed by atoms with E-state index in [0.717, 1.165) is 17.8 Å². The lowest BCUT2D eigenvalue weighted by Crippen LogP contribution is -2.41. The minimum absolute atomic E-state index is 0.00401. The van der Waals surface area contributed by atoms with Crippen LogP contribution in [-0.2, 0) is 9.59 Å². The number of benzene rings is 2. The Bertz CT molecular complexity index is 969. The molecule has 0 saturated carbocycles. The van der Waals surface area contributed by atoms with Gasteiger partial charge in [-0.3, -0.25) is 20.4 Å². The van der Waals surface area contributed by atoms with Crippen molar-refractivity contribution < 1.29 is 18.4 Å². The molecule has 0 aliphatic carbocycles. The summed E-state index contributed by atoms with van der Waals surface area (Å²) in [6.07, 6.45) is 2.30. The molecule has 2 N–H and O–H groups in total. The minimum Gasteiger partial charge on any atom is -0.431 e. The van der Waals surface area contributed by atoms with Gasteiger partial charge in [-0.1, -0.05) is 41.6 Å². The normalized spacial score (nSPS) is 11.0. The summed E-state index contributed by atoms with van der Waals surface area (Å²) in [5.41, 5.74) is 5.86. The van der Waals surface area contributed by atoms with Crippen LogP contribution in [0.2, 0.25) is 5.02 Å². The monoisotopic (exact) mass is 405 g/mol. The van der Waals surface area contributed by atoms with Crippen LogP contribution in [0.5, 0.6) is 0 Å². The summed E-state index contributed by atoms with van der Waals surface area (Å²) in [6, 6.07) is 11.4. The molecular formula is C18H13ClFN3O3S. The molecule has 0 radical (unpaired) electrons. The number of halogens is 2. The third-order valence-corrected chi connectivity index (χ3v) is 4.48. The topological polar surface area (TPSA) is 84.2 Å². The van der Waals surface area contributed by atoms with Gasteiger partial charge >= 0.3 is 0 Å². The summed E-state index contributed by atoms with van der Waals surface area (Å²) in [5, 5.41) is 0.532. The molecule has 0 fully saturated rings. The molecule has 6 nitrogen and oxygen atoms in total. The number of fused-ring (bicyclic) bond motifs is 1. The molecule has 1 heterocycles. The van der Waals surface area contributed by atoms with E-state index in [4.69, 9.17) is 16.0 Å². The van der Waals surface area contributed by atoms with Crippen molar-refractivity contribution in [2.75, 3.05) is 5.75 Å². The average molecular weight is 406 g/mol. The van der Waals surface area contributed by atoms with E-state index in [1.807, 2.05) is 12.1 Å². The van der Waals surface area contributed by atoms with Gasteiger partial charge in [-0.2, -0.15) is 0 Å². The summed E-state index contributed by atoms with van der Waals surface area (Å²) in [7, 11) is 0. The second-order valence-electron chi connectivity index (χ2n) is 5.24. The van der Waals surface area contributed by atoms with E-state index in [-0.39, 0.29) is 16.3 Å². The number of nitrogens with one attached hydrogen (secondary N) is 2. The Hall–Kier alpha value is -2.84. The molecule has 0 bridgehead atoms. The lowest BCUT2D eigenvalue weighted by Gasteiger charge is -2.04. The van der Waals surface area contributed by atoms with Gasteiger partial charge < -0.3 is 4.42 Å². The molecule has 0 aliphatic rings. The van der Waals surface area contributed by atoms with Crippen molar-refractivity contribution in [3.8, 4) is 0 Å². The molecule has 138 valence electrons. The lowest BCUT2D eigenvalue weighted by atomic mass is 10.2. The Balaban J connectivity index is 1.47. The summed E-state index contributed by atoms with van der Waals surface area (Å²) in [5.74, 6) is -1.64. The highest BCUT2D eigenvalue weighted by atomic mass is 35.5. The van der Waals surface area contributed by atoms with E-state index in [0.29, 0.717) is 16.3 Å². The predicted octanol–water partition coefficient (Wildman–Crippen LogP) is 3.57. The van der Waals surface area contributed by atoms with Crippen LogP contribution in [0.25, 0.3) is 17.2 Å². The molecule has 27 heavy (non-hydrogen) atoms. The highest BCUT2D eigenvalue weighted by molar-refractivity contribution is 7.99. The molecule has 0 saturated heterocycles. The van der Waals surface area contributed by atoms with Gasteiger partial charge in [0.2, 0.25) is 5.91 Å². The molecular weight excluding hydrogens is 393 g/mol. The number of para-hydroxylation sites is 2. The molecule has 2 amide bonds. The summed E-state index contributed by atoms with van der Waals surface area (Å²) >= 11 is 6.95. The van der Waals surface area contributed by atoms with Crippen LogP contribution in [0.1, 0.15) is 5.56 Å². The zero-order chi connectivity index (χ0) is 19.2. The average Bonchev–Trinajstić information content (AvgIpc) is 3.07. The number of hydrazine groups is 1. The standard InChI is InChI=1S/C18H13ClFN3O3S/c19-12-4-3-5-13(20)11(12)8-9-16(24)22-23-17(25)10-27-18-21-14-6-1-2-7-15(14)26-18/h1-9H,10H2,(H,22,24)(H,23,25)/b9-8+. The predicted molar refractivity (Wildman–Crippen MR) is 101 cm³/mol. The highest BCUT2D eigenvalue weighted by Crippen LogP contribution is 2.23. The Kier molecular flexibility index (Phi) is 6.10. The molecule has 3 aromatic rings. The molecule has 0 aliphatic heterocycles. The molecule has 0 atom stereocenters. The van der Waals surface area contributed by atoms with Crippen molar-refractivity contribution in [2.45, 2.75) is 5.22 Å². The second kappa shape index (κ2) is 8.70. The van der Waals surface area contributed by atoms with Crippen LogP contribution < -0.4 is 10.9 Å². The zero-order valence-electron chi connectivity index (χ0n) is 13.7. The van der Waals surface area contributed by atoms with Crippen LogP contribution >= 0.6 is 23.4 Å². The maximum Gasteiger partial charge on any atom is 0.262 e. The van der Waals surface area contributed by atoms with Crippen molar-refractivity contribution in [3.05, 3.63) is 64.9 Å². The fraction of sp³-hybridized carbons (Fsp3) is 0.0556. The van der Waals surface area contributed by atoms with E-state index in [1.54, 1.807) is 12.1 Å². The van der Waals surface area contributed by atoms with E-state index in [9.17, 15) is 14.0 Å². The first-order chi connectivity index (χ1) is 13.0. The molecule has 1 aromatic heterocycles. The minimum atomic E-state index is -0.630. The second-order valence-corrected chi connectivity index (χ2v) is 6.58. The van der Waals surface area contributed by atoms with Gasteiger partial charge in [0.25, 0.3) is 11.1 Å². The number of hydrogen-bond acceptors (Lipinski definition) is 5. The Morgan fingerprint density at radius 1 is 1.19 bits per heavy atom. The summed E-state index contributed by atoms with van der Waals surface area (Å²) in [4.78, 5) is 27.7. The highest BCUT2D eigenvalue weighted by Gasteiger charge is 2.09. The quantitative estimate of drug-likeness (QED) is 0.385. The number of thioether (sulfide) groups is 1. The summed E-state index contributed by atoms with van der Waals surface area (Å²) in [6.45, 7) is 0. The maximum atomic E-state index is 13.6. The number of nitrogens with zero attached hydrogens (tertiary/aromatic N) is 1. The fourth-order valence-corrected chi connectivity index (χ4v) is 2.94. The molecule has 2 aromatic carbocycles. The van der Waals surface area contributed by atoms with E-state index < -0.39 is 17.6 Å². The zero-order valence-corrected chi connectivity index (χ0v) is 15.3. The van der Waals surface area contributed by atoms with Crippen LogP contribution in [-0.4, -0.2) is 22.6 Å². The van der Waals surface area contributed by atoms with Gasteiger partial charge in [0, 0.05) is 11.6 Å². The Labute approximate surface area is 162 Å². The maximum absolute atomic E-state index is 13.6. The summed E-state index contributed by atoms with van der Waals surface area (Å²) < 4.78 is 19.1. The number of aromatic nitrogens is 1. The van der Waals surface area contributed by atoms with Crippen molar-refractivity contribution in [3.63, 3.8) is 0 Å². The molecule has 0 unspecified atom stereocenters. The number of carbonyl (C=O) groups excluding carboxylic acids is 2. The first-order valence-corrected chi connectivity index (χ1v) is 9.08. The van der Waals surface area contributed by atoms with Crippen molar-refractivity contribution >= 4 is 52.4 Å². The Morgan fingerprint density at radius 2 is 2.00 bits per heavy atom. The van der Waals surface area contributed by atoms with Crippen LogP contribution in [0.15, 0.2) is 58.2 Å².